The van der Waals surface area contributed by atoms with Crippen molar-refractivity contribution >= 4 is 11.9 Å². The molecule has 0 rings (SSSR count). The van der Waals surface area contributed by atoms with Crippen molar-refractivity contribution in [2.75, 3.05) is 6.67 Å². The summed E-state index contributed by atoms with van der Waals surface area (Å²) in [7, 11) is 0. The first kappa shape index (κ1) is 12.8. The summed E-state index contributed by atoms with van der Waals surface area (Å²) in [6, 6.07) is -1.20. The molecule has 0 fully saturated rings. The van der Waals surface area contributed by atoms with Gasteiger partial charge in [-0.05, 0) is 19.3 Å². The van der Waals surface area contributed by atoms with Crippen LogP contribution in [-0.4, -0.2) is 34.9 Å². The van der Waals surface area contributed by atoms with Crippen LogP contribution < -0.4 is 5.73 Å². The summed E-state index contributed by atoms with van der Waals surface area (Å²) in [6.45, 7) is -0.605. The highest BCUT2D eigenvalue weighted by Gasteiger charge is 2.23. The maximum atomic E-state index is 11.8. The average molecular weight is 207 g/mol. The highest BCUT2D eigenvalue weighted by atomic mass is 19.1. The number of nitrogens with two attached hydrogens (primary N) is 1. The summed E-state index contributed by atoms with van der Waals surface area (Å²) in [5.41, 5.74) is 5.17. The van der Waals surface area contributed by atoms with E-state index in [9.17, 15) is 14.0 Å². The molecule has 0 heterocycles. The number of hydrogen-bond donors (Lipinski definition) is 3. The SMILES string of the molecule is N[C@@H](C[C@@H](CCC[19F])C(=O)O)C(=O)O. The maximum absolute atomic E-state index is 11.8. The molecule has 0 aliphatic rings. The fourth-order valence-corrected chi connectivity index (χ4v) is 1.07. The van der Waals surface area contributed by atoms with Crippen LogP contribution in [0.25, 0.3) is 0 Å². The zero-order chi connectivity index (χ0) is 11.1. The average Bonchev–Trinajstić information content (AvgIpc) is 2.10. The van der Waals surface area contributed by atoms with E-state index in [0.717, 1.165) is 0 Å². The number of hydrogen-bond acceptors (Lipinski definition) is 3. The molecular weight excluding hydrogens is 193 g/mol. The summed E-state index contributed by atoms with van der Waals surface area (Å²) in [4.78, 5) is 20.9. The van der Waals surface area contributed by atoms with Crippen molar-refractivity contribution in [3.05, 3.63) is 0 Å². The van der Waals surface area contributed by atoms with E-state index in [1.807, 2.05) is 0 Å². The van der Waals surface area contributed by atoms with Crippen molar-refractivity contribution in [1.29, 1.82) is 0 Å². The Bertz CT molecular complexity index is 210. The quantitative estimate of drug-likeness (QED) is 0.555. The number of halogens is 1. The first-order chi connectivity index (χ1) is 6.49. The molecule has 0 radical (unpaired) electrons. The molecule has 14 heavy (non-hydrogen) atoms. The summed E-state index contributed by atoms with van der Waals surface area (Å²) in [5, 5.41) is 17.1. The van der Waals surface area contributed by atoms with Gasteiger partial charge in [0.15, 0.2) is 0 Å². The maximum Gasteiger partial charge on any atom is 0.320 e. The molecule has 0 aromatic rings. The normalized spacial score (nSPS) is 14.7. The van der Waals surface area contributed by atoms with Gasteiger partial charge in [0.2, 0.25) is 0 Å². The van der Waals surface area contributed by atoms with E-state index < -0.39 is 30.6 Å². The second kappa shape index (κ2) is 6.31. The number of carbonyl (C=O) groups is 2. The van der Waals surface area contributed by atoms with Crippen molar-refractivity contribution in [3.63, 3.8) is 0 Å². The predicted molar refractivity (Wildman–Crippen MR) is 46.6 cm³/mol. The van der Waals surface area contributed by atoms with E-state index in [2.05, 4.69) is 0 Å². The van der Waals surface area contributed by atoms with Crippen LogP contribution in [0.5, 0.6) is 0 Å². The highest BCUT2D eigenvalue weighted by Crippen LogP contribution is 2.13. The molecule has 0 spiro atoms. The van der Waals surface area contributed by atoms with Crippen LogP contribution in [0.1, 0.15) is 19.3 Å². The van der Waals surface area contributed by atoms with E-state index in [1.54, 1.807) is 0 Å². The molecule has 0 amide bonds. The Labute approximate surface area is 80.7 Å². The lowest BCUT2D eigenvalue weighted by molar-refractivity contribution is -0.143. The lowest BCUT2D eigenvalue weighted by Crippen LogP contribution is -2.34. The van der Waals surface area contributed by atoms with Crippen LogP contribution in [0.2, 0.25) is 0 Å². The number of carboxylic acids is 2. The predicted octanol–water partition coefficient (Wildman–Crippen LogP) is 0.239. The zero-order valence-corrected chi connectivity index (χ0v) is 7.65. The topological polar surface area (TPSA) is 101 Å². The standard InChI is InChI=1S/C8H14FNO4/c9-3-1-2-5(7(11)12)4-6(10)8(13)14/h5-6H,1-4,10H2,(H,11,12)(H,13,14)/t5-,6+/m1/s1/i9+0. The minimum Gasteiger partial charge on any atom is -0.481 e. The summed E-state index contributed by atoms with van der Waals surface area (Å²) < 4.78 is 11.8. The molecule has 0 aliphatic heterocycles. The molecule has 0 aliphatic carbocycles. The number of aliphatic carboxylic acids is 2. The molecule has 4 N–H and O–H groups in total. The summed E-state index contributed by atoms with van der Waals surface area (Å²) in [5.74, 6) is -3.25. The third-order valence-corrected chi connectivity index (χ3v) is 1.89. The van der Waals surface area contributed by atoms with E-state index in [4.69, 9.17) is 15.9 Å². The van der Waals surface area contributed by atoms with Crippen LogP contribution >= 0.6 is 0 Å². The van der Waals surface area contributed by atoms with Crippen molar-refractivity contribution in [1.82, 2.24) is 0 Å². The Kier molecular flexibility index (Phi) is 5.78. The van der Waals surface area contributed by atoms with Gasteiger partial charge in [0.1, 0.15) is 6.04 Å². The van der Waals surface area contributed by atoms with Gasteiger partial charge >= 0.3 is 11.9 Å². The van der Waals surface area contributed by atoms with Crippen molar-refractivity contribution in [3.8, 4) is 0 Å². The Balaban J connectivity index is 4.08. The molecule has 5 nitrogen and oxygen atoms in total. The fourth-order valence-electron chi connectivity index (χ4n) is 1.07. The van der Waals surface area contributed by atoms with Gasteiger partial charge < -0.3 is 15.9 Å². The van der Waals surface area contributed by atoms with Gasteiger partial charge in [-0.15, -0.1) is 0 Å². The highest BCUT2D eigenvalue weighted by molar-refractivity contribution is 5.75. The Morgan fingerprint density at radius 2 is 1.86 bits per heavy atom. The summed E-state index contributed by atoms with van der Waals surface area (Å²) in [6.07, 6.45) is 0.0702. The van der Waals surface area contributed by atoms with E-state index in [0.29, 0.717) is 0 Å². The van der Waals surface area contributed by atoms with Crippen LogP contribution in [0, 0.1) is 5.92 Å². The number of rotatable bonds is 7. The van der Waals surface area contributed by atoms with Crippen LogP contribution in [0.15, 0.2) is 0 Å². The second-order valence-corrected chi connectivity index (χ2v) is 3.05. The van der Waals surface area contributed by atoms with E-state index >= 15 is 0 Å². The van der Waals surface area contributed by atoms with E-state index in [1.165, 1.54) is 0 Å². The van der Waals surface area contributed by atoms with Gasteiger partial charge in [-0.1, -0.05) is 0 Å². The first-order valence-corrected chi connectivity index (χ1v) is 4.26. The summed E-state index contributed by atoms with van der Waals surface area (Å²) >= 11 is 0. The van der Waals surface area contributed by atoms with Gasteiger partial charge in [-0.3, -0.25) is 14.0 Å². The first-order valence-electron chi connectivity index (χ1n) is 4.26. The van der Waals surface area contributed by atoms with Crippen molar-refractivity contribution in [2.45, 2.75) is 25.3 Å². The molecule has 0 bridgehead atoms. The van der Waals surface area contributed by atoms with Gasteiger partial charge in [0.25, 0.3) is 0 Å². The third kappa shape index (κ3) is 4.76. The largest absolute Gasteiger partial charge is 0.481 e. The van der Waals surface area contributed by atoms with Crippen LogP contribution in [0.3, 0.4) is 0 Å². The molecule has 0 saturated heterocycles. The van der Waals surface area contributed by atoms with E-state index in [-0.39, 0.29) is 19.3 Å². The Morgan fingerprint density at radius 1 is 1.29 bits per heavy atom. The number of alkyl halides is 1. The molecule has 6 heteroatoms. The van der Waals surface area contributed by atoms with Crippen LogP contribution in [0.4, 0.5) is 4.39 Å². The fraction of sp³-hybridized carbons (Fsp3) is 0.750. The lowest BCUT2D eigenvalue weighted by Gasteiger charge is -2.13. The molecule has 2 atom stereocenters. The van der Waals surface area contributed by atoms with Crippen LogP contribution in [-0.2, 0) is 9.59 Å². The molecule has 0 aromatic carbocycles. The van der Waals surface area contributed by atoms with Crippen molar-refractivity contribution < 1.29 is 24.2 Å². The van der Waals surface area contributed by atoms with Gasteiger partial charge in [-0.2, -0.15) is 0 Å². The monoisotopic (exact) mass is 207 g/mol. The lowest BCUT2D eigenvalue weighted by atomic mass is 9.96. The minimum atomic E-state index is -1.24. The van der Waals surface area contributed by atoms with Gasteiger partial charge in [0.05, 0.1) is 12.6 Å². The molecule has 0 saturated carbocycles. The smallest absolute Gasteiger partial charge is 0.320 e. The van der Waals surface area contributed by atoms with Gasteiger partial charge in [0, 0.05) is 0 Å². The number of carboxylic acid groups (broad SMARTS) is 2. The Morgan fingerprint density at radius 3 is 2.21 bits per heavy atom. The Hall–Kier alpha value is -1.17. The molecular formula is C8H14FNO4. The third-order valence-electron chi connectivity index (χ3n) is 1.89. The molecule has 82 valence electrons. The zero-order valence-electron chi connectivity index (χ0n) is 7.65. The molecule has 0 unspecified atom stereocenters. The minimum absolute atomic E-state index is 0.114. The van der Waals surface area contributed by atoms with Crippen molar-refractivity contribution in [2.24, 2.45) is 11.7 Å². The molecule has 0 aromatic heterocycles. The van der Waals surface area contributed by atoms with Gasteiger partial charge in [-0.25, -0.2) is 0 Å². The second-order valence-electron chi connectivity index (χ2n) is 3.05.